The second-order valence-electron chi connectivity index (χ2n) is 5.46. The highest BCUT2D eigenvalue weighted by molar-refractivity contribution is 7.10. The first-order valence-electron chi connectivity index (χ1n) is 7.43. The van der Waals surface area contributed by atoms with Crippen molar-refractivity contribution in [3.05, 3.63) is 21.9 Å². The van der Waals surface area contributed by atoms with Gasteiger partial charge in [-0.15, -0.1) is 11.3 Å². The highest BCUT2D eigenvalue weighted by atomic mass is 32.1. The molecule has 2 amide bonds. The van der Waals surface area contributed by atoms with Crippen LogP contribution in [0, 0.1) is 0 Å². The summed E-state index contributed by atoms with van der Waals surface area (Å²) >= 11 is 1.76. The van der Waals surface area contributed by atoms with Crippen LogP contribution in [0.3, 0.4) is 0 Å². The molecule has 2 heterocycles. The lowest BCUT2D eigenvalue weighted by atomic mass is 10.1. The highest BCUT2D eigenvalue weighted by Gasteiger charge is 2.23. The zero-order valence-electron chi connectivity index (χ0n) is 12.5. The van der Waals surface area contributed by atoms with E-state index in [0.29, 0.717) is 6.54 Å². The van der Waals surface area contributed by atoms with Gasteiger partial charge in [-0.05, 0) is 36.4 Å². The van der Waals surface area contributed by atoms with E-state index in [2.05, 4.69) is 18.4 Å². The van der Waals surface area contributed by atoms with Crippen molar-refractivity contribution in [2.75, 3.05) is 26.2 Å². The molecule has 0 atom stereocenters. The Morgan fingerprint density at radius 3 is 2.95 bits per heavy atom. The Morgan fingerprint density at radius 2 is 2.24 bits per heavy atom. The Kier molecular flexibility index (Phi) is 5.76. The van der Waals surface area contributed by atoms with Crippen LogP contribution in [0.1, 0.15) is 30.2 Å². The second-order valence-corrected chi connectivity index (χ2v) is 6.47. The van der Waals surface area contributed by atoms with E-state index in [1.807, 2.05) is 9.80 Å². The van der Waals surface area contributed by atoms with Gasteiger partial charge in [-0.25, -0.2) is 0 Å². The van der Waals surface area contributed by atoms with Crippen LogP contribution in [-0.4, -0.2) is 47.8 Å². The summed E-state index contributed by atoms with van der Waals surface area (Å²) in [7, 11) is 0. The molecule has 0 unspecified atom stereocenters. The maximum Gasteiger partial charge on any atom is 0.237 e. The van der Waals surface area contributed by atoms with Crippen molar-refractivity contribution >= 4 is 23.2 Å². The molecule has 2 N–H and O–H groups in total. The van der Waals surface area contributed by atoms with E-state index >= 15 is 0 Å². The van der Waals surface area contributed by atoms with Gasteiger partial charge < -0.3 is 10.6 Å². The van der Waals surface area contributed by atoms with Gasteiger partial charge in [-0.2, -0.15) is 0 Å². The van der Waals surface area contributed by atoms with Crippen molar-refractivity contribution in [2.24, 2.45) is 5.73 Å². The van der Waals surface area contributed by atoms with E-state index in [9.17, 15) is 9.59 Å². The lowest BCUT2D eigenvalue weighted by Crippen LogP contribution is -2.45. The molecular formula is C15H23N3O2S. The minimum Gasteiger partial charge on any atom is -0.369 e. The predicted octanol–water partition coefficient (Wildman–Crippen LogP) is 1.22. The van der Waals surface area contributed by atoms with Crippen molar-refractivity contribution in [1.82, 2.24) is 9.80 Å². The molecule has 21 heavy (non-hydrogen) atoms. The number of thiophene rings is 1. The van der Waals surface area contributed by atoms with E-state index in [4.69, 9.17) is 5.73 Å². The molecular weight excluding hydrogens is 286 g/mol. The second kappa shape index (κ2) is 7.56. The van der Waals surface area contributed by atoms with Gasteiger partial charge >= 0.3 is 0 Å². The third-order valence-corrected chi connectivity index (χ3v) is 4.75. The van der Waals surface area contributed by atoms with Gasteiger partial charge in [-0.1, -0.05) is 13.3 Å². The zero-order valence-corrected chi connectivity index (χ0v) is 13.3. The van der Waals surface area contributed by atoms with Crippen LogP contribution < -0.4 is 5.73 Å². The number of fused-ring (bicyclic) bond motifs is 1. The summed E-state index contributed by atoms with van der Waals surface area (Å²) in [5, 5.41) is 2.08. The SMILES string of the molecule is CCCCN(CC(N)=O)CC(=O)N1CCc2sccc2C1. The van der Waals surface area contributed by atoms with Gasteiger partial charge in [0.25, 0.3) is 0 Å². The summed E-state index contributed by atoms with van der Waals surface area (Å²) < 4.78 is 0. The van der Waals surface area contributed by atoms with Crippen LogP contribution in [0.4, 0.5) is 0 Å². The lowest BCUT2D eigenvalue weighted by Gasteiger charge is -2.29. The molecule has 0 saturated carbocycles. The van der Waals surface area contributed by atoms with Crippen molar-refractivity contribution < 1.29 is 9.59 Å². The van der Waals surface area contributed by atoms with Crippen molar-refractivity contribution in [3.63, 3.8) is 0 Å². The fourth-order valence-electron chi connectivity index (χ4n) is 2.57. The number of rotatable bonds is 7. The molecule has 1 aromatic rings. The molecule has 116 valence electrons. The molecule has 0 fully saturated rings. The molecule has 0 aromatic carbocycles. The molecule has 0 radical (unpaired) electrons. The largest absolute Gasteiger partial charge is 0.369 e. The number of hydrogen-bond donors (Lipinski definition) is 1. The summed E-state index contributed by atoms with van der Waals surface area (Å²) in [4.78, 5) is 28.7. The Bertz CT molecular complexity index is 501. The number of primary amides is 1. The molecule has 1 aliphatic heterocycles. The van der Waals surface area contributed by atoms with E-state index in [1.165, 1.54) is 10.4 Å². The van der Waals surface area contributed by atoms with Gasteiger partial charge in [-0.3, -0.25) is 14.5 Å². The number of hydrogen-bond acceptors (Lipinski definition) is 4. The number of nitrogens with zero attached hydrogens (tertiary/aromatic N) is 2. The van der Waals surface area contributed by atoms with Crippen LogP contribution in [0.25, 0.3) is 0 Å². The lowest BCUT2D eigenvalue weighted by molar-refractivity contribution is -0.133. The van der Waals surface area contributed by atoms with E-state index in [1.54, 1.807) is 11.3 Å². The maximum atomic E-state index is 12.4. The van der Waals surface area contributed by atoms with Gasteiger partial charge in [0.15, 0.2) is 0 Å². The van der Waals surface area contributed by atoms with E-state index in [0.717, 1.165) is 32.4 Å². The topological polar surface area (TPSA) is 66.6 Å². The molecule has 6 heteroatoms. The average Bonchev–Trinajstić information content (AvgIpc) is 2.91. The highest BCUT2D eigenvalue weighted by Crippen LogP contribution is 2.24. The zero-order chi connectivity index (χ0) is 15.2. The summed E-state index contributed by atoms with van der Waals surface area (Å²) in [6.07, 6.45) is 2.93. The number of unbranched alkanes of at least 4 members (excludes halogenated alkanes) is 1. The van der Waals surface area contributed by atoms with Gasteiger partial charge in [0.1, 0.15) is 0 Å². The summed E-state index contributed by atoms with van der Waals surface area (Å²) in [5.41, 5.74) is 6.52. The molecule has 0 spiro atoms. The van der Waals surface area contributed by atoms with Gasteiger partial charge in [0, 0.05) is 18.0 Å². The predicted molar refractivity (Wildman–Crippen MR) is 84.0 cm³/mol. The Balaban J connectivity index is 1.91. The monoisotopic (exact) mass is 309 g/mol. The molecule has 0 aliphatic carbocycles. The third kappa shape index (κ3) is 4.54. The first-order chi connectivity index (χ1) is 10.1. The fraction of sp³-hybridized carbons (Fsp3) is 0.600. The Labute approximate surface area is 129 Å². The summed E-state index contributed by atoms with van der Waals surface area (Å²) in [6.45, 7) is 4.72. The molecule has 2 rings (SSSR count). The van der Waals surface area contributed by atoms with Gasteiger partial charge in [0.05, 0.1) is 13.1 Å². The number of amides is 2. The van der Waals surface area contributed by atoms with Crippen molar-refractivity contribution in [1.29, 1.82) is 0 Å². The molecule has 0 bridgehead atoms. The first kappa shape index (κ1) is 16.0. The molecule has 0 saturated heterocycles. The van der Waals surface area contributed by atoms with Crippen LogP contribution in [0.15, 0.2) is 11.4 Å². The van der Waals surface area contributed by atoms with E-state index < -0.39 is 0 Å². The number of carbonyl (C=O) groups excluding carboxylic acids is 2. The minimum atomic E-state index is -0.377. The summed E-state index contributed by atoms with van der Waals surface area (Å²) in [6, 6.07) is 2.09. The third-order valence-electron chi connectivity index (χ3n) is 3.73. The minimum absolute atomic E-state index is 0.0872. The average molecular weight is 309 g/mol. The maximum absolute atomic E-state index is 12.4. The van der Waals surface area contributed by atoms with Crippen molar-refractivity contribution in [3.8, 4) is 0 Å². The summed E-state index contributed by atoms with van der Waals surface area (Å²) in [5.74, 6) is -0.290. The number of carbonyl (C=O) groups is 2. The fourth-order valence-corrected chi connectivity index (χ4v) is 3.46. The van der Waals surface area contributed by atoms with Crippen LogP contribution in [-0.2, 0) is 22.6 Å². The van der Waals surface area contributed by atoms with E-state index in [-0.39, 0.29) is 24.9 Å². The van der Waals surface area contributed by atoms with Crippen LogP contribution in [0.5, 0.6) is 0 Å². The van der Waals surface area contributed by atoms with Gasteiger partial charge in [0.2, 0.25) is 11.8 Å². The smallest absolute Gasteiger partial charge is 0.237 e. The van der Waals surface area contributed by atoms with Crippen LogP contribution >= 0.6 is 11.3 Å². The van der Waals surface area contributed by atoms with Crippen molar-refractivity contribution in [2.45, 2.75) is 32.7 Å². The first-order valence-corrected chi connectivity index (χ1v) is 8.31. The van der Waals surface area contributed by atoms with Crippen LogP contribution in [0.2, 0.25) is 0 Å². The normalized spacial score (nSPS) is 14.3. The quantitative estimate of drug-likeness (QED) is 0.823. The standard InChI is InChI=1S/C15H23N3O2S/c1-2-3-6-17(10-14(16)19)11-15(20)18-7-4-13-12(9-18)5-8-21-13/h5,8H,2-4,6-7,9-11H2,1H3,(H2,16,19). The number of nitrogens with two attached hydrogens (primary N) is 1. The molecule has 5 nitrogen and oxygen atoms in total. The Morgan fingerprint density at radius 1 is 1.43 bits per heavy atom. The molecule has 1 aromatic heterocycles. The molecule has 1 aliphatic rings. The Hall–Kier alpha value is -1.40.